The molecule has 0 spiro atoms. The Morgan fingerprint density at radius 1 is 1.28 bits per heavy atom. The van der Waals surface area contributed by atoms with Gasteiger partial charge >= 0.3 is 0 Å². The lowest BCUT2D eigenvalue weighted by Gasteiger charge is -1.94. The van der Waals surface area contributed by atoms with E-state index in [0.717, 1.165) is 4.88 Å². The van der Waals surface area contributed by atoms with E-state index in [-0.39, 0.29) is 0 Å². The average molecular weight is 280 g/mol. The van der Waals surface area contributed by atoms with Crippen molar-refractivity contribution in [1.29, 1.82) is 0 Å². The van der Waals surface area contributed by atoms with Gasteiger partial charge in [-0.1, -0.05) is 16.8 Å². The fraction of sp³-hybridized carbons (Fsp3) is 0. The third-order valence-electron chi connectivity index (χ3n) is 2.30. The van der Waals surface area contributed by atoms with Crippen LogP contribution in [0.3, 0.4) is 0 Å². The zero-order valence-corrected chi connectivity index (χ0v) is 10.5. The minimum absolute atomic E-state index is 0.379. The average Bonchev–Trinajstić information content (AvgIpc) is 2.98. The first-order valence-electron chi connectivity index (χ1n) is 5.00. The molecule has 0 saturated heterocycles. The van der Waals surface area contributed by atoms with Crippen molar-refractivity contribution in [2.75, 3.05) is 0 Å². The van der Waals surface area contributed by atoms with Crippen LogP contribution in [0.25, 0.3) is 22.2 Å². The fourth-order valence-electron chi connectivity index (χ4n) is 1.44. The minimum atomic E-state index is 0.379. The number of rotatable bonds is 2. The standard InChI is InChI=1S/C11H6ClN3O2S/c12-8-3-6-18-9(8)11-13-10(14-17-11)7-1-4-15(16)5-2-7/h1-6H. The monoisotopic (exact) mass is 279 g/mol. The number of pyridine rings is 1. The molecule has 3 aromatic heterocycles. The van der Waals surface area contributed by atoms with E-state index in [0.29, 0.717) is 27.0 Å². The molecule has 3 aromatic rings. The van der Waals surface area contributed by atoms with Crippen LogP contribution in [0.15, 0.2) is 40.5 Å². The second kappa shape index (κ2) is 4.40. The summed E-state index contributed by atoms with van der Waals surface area (Å²) in [7, 11) is 0. The van der Waals surface area contributed by atoms with Gasteiger partial charge in [0.15, 0.2) is 12.4 Å². The molecule has 0 atom stereocenters. The smallest absolute Gasteiger partial charge is 0.269 e. The summed E-state index contributed by atoms with van der Waals surface area (Å²) in [5, 5.41) is 17.2. The Labute approximate surface area is 111 Å². The quantitative estimate of drug-likeness (QED) is 0.534. The van der Waals surface area contributed by atoms with Crippen LogP contribution < -0.4 is 4.73 Å². The Morgan fingerprint density at radius 2 is 2.06 bits per heavy atom. The van der Waals surface area contributed by atoms with Crippen molar-refractivity contribution in [3.05, 3.63) is 46.2 Å². The molecule has 3 rings (SSSR count). The summed E-state index contributed by atoms with van der Waals surface area (Å²) in [6, 6.07) is 5.02. The third-order valence-corrected chi connectivity index (χ3v) is 3.63. The van der Waals surface area contributed by atoms with Gasteiger partial charge in [-0.05, 0) is 11.4 Å². The van der Waals surface area contributed by atoms with Gasteiger partial charge in [-0.15, -0.1) is 11.3 Å². The molecule has 0 aromatic carbocycles. The topological polar surface area (TPSA) is 65.9 Å². The van der Waals surface area contributed by atoms with Gasteiger partial charge in [-0.3, -0.25) is 0 Å². The number of nitrogens with zero attached hydrogens (tertiary/aromatic N) is 3. The highest BCUT2D eigenvalue weighted by molar-refractivity contribution is 7.14. The summed E-state index contributed by atoms with van der Waals surface area (Å²) in [5.74, 6) is 0.805. The van der Waals surface area contributed by atoms with Crippen LogP contribution in [-0.2, 0) is 0 Å². The molecule has 7 heteroatoms. The minimum Gasteiger partial charge on any atom is -0.619 e. The van der Waals surface area contributed by atoms with Crippen LogP contribution in [0, 0.1) is 5.21 Å². The molecule has 0 aliphatic heterocycles. The molecule has 0 amide bonds. The zero-order valence-electron chi connectivity index (χ0n) is 8.91. The van der Waals surface area contributed by atoms with E-state index in [9.17, 15) is 5.21 Å². The first-order valence-corrected chi connectivity index (χ1v) is 6.26. The summed E-state index contributed by atoms with van der Waals surface area (Å²) >= 11 is 7.42. The number of hydrogen-bond donors (Lipinski definition) is 0. The number of thiophene rings is 1. The van der Waals surface area contributed by atoms with Crippen molar-refractivity contribution in [3.8, 4) is 22.2 Å². The van der Waals surface area contributed by atoms with Crippen LogP contribution in [0.1, 0.15) is 0 Å². The normalized spacial score (nSPS) is 10.7. The molecule has 0 unspecified atom stereocenters. The molecular weight excluding hydrogens is 274 g/mol. The van der Waals surface area contributed by atoms with Crippen LogP contribution in [0.5, 0.6) is 0 Å². The number of hydrogen-bond acceptors (Lipinski definition) is 5. The molecule has 90 valence electrons. The van der Waals surface area contributed by atoms with Crippen molar-refractivity contribution in [2.45, 2.75) is 0 Å². The van der Waals surface area contributed by atoms with Gasteiger partial charge in [0.1, 0.15) is 4.88 Å². The van der Waals surface area contributed by atoms with E-state index in [4.69, 9.17) is 16.1 Å². The van der Waals surface area contributed by atoms with Crippen LogP contribution in [-0.4, -0.2) is 10.1 Å². The van der Waals surface area contributed by atoms with E-state index >= 15 is 0 Å². The first-order chi connectivity index (χ1) is 8.74. The Hall–Kier alpha value is -1.92. The Kier molecular flexibility index (Phi) is 2.73. The summed E-state index contributed by atoms with van der Waals surface area (Å²) < 4.78 is 5.85. The Morgan fingerprint density at radius 3 is 2.72 bits per heavy atom. The molecule has 18 heavy (non-hydrogen) atoms. The summed E-state index contributed by atoms with van der Waals surface area (Å²) in [6.07, 6.45) is 2.76. The van der Waals surface area contributed by atoms with Gasteiger partial charge in [0.25, 0.3) is 5.89 Å². The van der Waals surface area contributed by atoms with Crippen molar-refractivity contribution in [3.63, 3.8) is 0 Å². The lowest BCUT2D eigenvalue weighted by atomic mass is 10.2. The Balaban J connectivity index is 1.99. The maximum Gasteiger partial charge on any atom is 0.269 e. The van der Waals surface area contributed by atoms with Crippen molar-refractivity contribution >= 4 is 22.9 Å². The van der Waals surface area contributed by atoms with Crippen molar-refractivity contribution in [2.24, 2.45) is 0 Å². The zero-order chi connectivity index (χ0) is 12.5. The van der Waals surface area contributed by atoms with E-state index in [1.165, 1.54) is 23.7 Å². The highest BCUT2D eigenvalue weighted by atomic mass is 35.5. The van der Waals surface area contributed by atoms with Gasteiger partial charge in [-0.25, -0.2) is 0 Å². The maximum atomic E-state index is 10.9. The van der Waals surface area contributed by atoms with E-state index in [2.05, 4.69) is 10.1 Å². The van der Waals surface area contributed by atoms with Crippen LogP contribution in [0.4, 0.5) is 0 Å². The molecule has 0 radical (unpaired) electrons. The van der Waals surface area contributed by atoms with Gasteiger partial charge < -0.3 is 9.73 Å². The summed E-state index contributed by atoms with van der Waals surface area (Å²) in [6.45, 7) is 0. The predicted octanol–water partition coefficient (Wildman–Crippen LogP) is 2.75. The predicted molar refractivity (Wildman–Crippen MR) is 67.0 cm³/mol. The van der Waals surface area contributed by atoms with Gasteiger partial charge in [0.2, 0.25) is 5.82 Å². The fourth-order valence-corrected chi connectivity index (χ4v) is 2.50. The van der Waals surface area contributed by atoms with Gasteiger partial charge in [-0.2, -0.15) is 9.71 Å². The van der Waals surface area contributed by atoms with Gasteiger partial charge in [0, 0.05) is 17.7 Å². The summed E-state index contributed by atoms with van der Waals surface area (Å²) in [4.78, 5) is 4.99. The molecule has 0 aliphatic carbocycles. The molecule has 3 heterocycles. The molecule has 5 nitrogen and oxygen atoms in total. The van der Waals surface area contributed by atoms with Crippen molar-refractivity contribution in [1.82, 2.24) is 10.1 Å². The molecule has 0 saturated carbocycles. The number of halogens is 1. The molecule has 0 bridgehead atoms. The second-order valence-corrected chi connectivity index (χ2v) is 4.79. The highest BCUT2D eigenvalue weighted by Gasteiger charge is 2.14. The van der Waals surface area contributed by atoms with E-state index in [1.54, 1.807) is 18.2 Å². The second-order valence-electron chi connectivity index (χ2n) is 3.47. The van der Waals surface area contributed by atoms with Gasteiger partial charge in [0.05, 0.1) is 5.02 Å². The highest BCUT2D eigenvalue weighted by Crippen LogP contribution is 2.32. The SMILES string of the molecule is [O-][n+]1ccc(-c2noc(-c3sccc3Cl)n2)cc1. The molecule has 0 fully saturated rings. The maximum absolute atomic E-state index is 10.9. The molecule has 0 aliphatic rings. The molecule has 0 N–H and O–H groups in total. The number of aromatic nitrogens is 3. The Bertz CT molecular complexity index is 678. The van der Waals surface area contributed by atoms with Crippen molar-refractivity contribution < 1.29 is 9.25 Å². The van der Waals surface area contributed by atoms with E-state index < -0.39 is 0 Å². The lowest BCUT2D eigenvalue weighted by Crippen LogP contribution is -2.23. The van der Waals surface area contributed by atoms with E-state index in [1.807, 2.05) is 5.38 Å². The van der Waals surface area contributed by atoms with Crippen LogP contribution in [0.2, 0.25) is 5.02 Å². The largest absolute Gasteiger partial charge is 0.619 e. The lowest BCUT2D eigenvalue weighted by molar-refractivity contribution is -0.605. The van der Waals surface area contributed by atoms with Crippen LogP contribution >= 0.6 is 22.9 Å². The third kappa shape index (κ3) is 1.96. The molecular formula is C11H6ClN3O2S. The summed E-state index contributed by atoms with van der Waals surface area (Å²) in [5.41, 5.74) is 0.713. The first kappa shape index (κ1) is 11.2.